The third-order valence-corrected chi connectivity index (χ3v) is 3.82. The molecule has 0 bridgehead atoms. The van der Waals surface area contributed by atoms with E-state index in [1.165, 1.54) is 33.1 Å². The van der Waals surface area contributed by atoms with Crippen molar-refractivity contribution < 1.29 is 33.3 Å². The average molecular weight is 382 g/mol. The van der Waals surface area contributed by atoms with Gasteiger partial charge >= 0.3 is 17.9 Å². The molecule has 0 aliphatic carbocycles. The van der Waals surface area contributed by atoms with Crippen LogP contribution in [0.5, 0.6) is 11.5 Å². The Hall–Kier alpha value is -3.61. The molecule has 0 radical (unpaired) electrons. The fourth-order valence-corrected chi connectivity index (χ4v) is 2.51. The normalized spacial score (nSPS) is 15.3. The Labute approximate surface area is 161 Å². The Kier molecular flexibility index (Phi) is 5.17. The van der Waals surface area contributed by atoms with Crippen LogP contribution in [0, 0.1) is 0 Å². The van der Waals surface area contributed by atoms with Gasteiger partial charge in [-0.1, -0.05) is 12.1 Å². The van der Waals surface area contributed by atoms with Gasteiger partial charge in [0.1, 0.15) is 17.1 Å². The summed E-state index contributed by atoms with van der Waals surface area (Å²) in [5.41, 5.74) is 0.591. The number of carbonyl (C=O) groups is 3. The molecule has 2 aromatic rings. The summed E-state index contributed by atoms with van der Waals surface area (Å²) in [6.45, 7) is 2.94. The lowest BCUT2D eigenvalue weighted by Gasteiger charge is -2.29. The topological polar surface area (TPSA) is 88.1 Å². The van der Waals surface area contributed by atoms with Crippen LogP contribution >= 0.6 is 0 Å². The minimum atomic E-state index is -1.30. The second-order valence-electron chi connectivity index (χ2n) is 6.43. The highest BCUT2D eigenvalue weighted by atomic mass is 16.7. The SMILES string of the molecule is COc1ccc(C(=O)Oc2cccc(C=C3C(=O)OC(C)(C)OC3=O)c2)cc1. The molecule has 0 spiro atoms. The van der Waals surface area contributed by atoms with E-state index in [0.717, 1.165) is 0 Å². The molecule has 1 heterocycles. The van der Waals surface area contributed by atoms with Gasteiger partial charge in [0, 0.05) is 13.8 Å². The highest BCUT2D eigenvalue weighted by Crippen LogP contribution is 2.25. The average Bonchev–Trinajstić information content (AvgIpc) is 2.64. The second kappa shape index (κ2) is 7.56. The first-order chi connectivity index (χ1) is 13.3. The zero-order chi connectivity index (χ0) is 20.3. The fourth-order valence-electron chi connectivity index (χ4n) is 2.51. The van der Waals surface area contributed by atoms with E-state index in [9.17, 15) is 14.4 Å². The van der Waals surface area contributed by atoms with E-state index in [1.54, 1.807) is 42.5 Å². The van der Waals surface area contributed by atoms with Crippen LogP contribution in [0.3, 0.4) is 0 Å². The lowest BCUT2D eigenvalue weighted by atomic mass is 10.1. The molecule has 7 nitrogen and oxygen atoms in total. The van der Waals surface area contributed by atoms with Crippen molar-refractivity contribution in [1.82, 2.24) is 0 Å². The van der Waals surface area contributed by atoms with Gasteiger partial charge in [0.2, 0.25) is 0 Å². The molecule has 0 N–H and O–H groups in total. The van der Waals surface area contributed by atoms with E-state index < -0.39 is 23.7 Å². The quantitative estimate of drug-likeness (QED) is 0.347. The number of hydrogen-bond donors (Lipinski definition) is 0. The summed E-state index contributed by atoms with van der Waals surface area (Å²) >= 11 is 0. The van der Waals surface area contributed by atoms with Crippen molar-refractivity contribution in [1.29, 1.82) is 0 Å². The maximum atomic E-state index is 12.3. The highest BCUT2D eigenvalue weighted by Gasteiger charge is 2.38. The number of cyclic esters (lactones) is 2. The van der Waals surface area contributed by atoms with Gasteiger partial charge in [-0.3, -0.25) is 0 Å². The number of esters is 3. The van der Waals surface area contributed by atoms with Crippen LogP contribution in [0.1, 0.15) is 29.8 Å². The van der Waals surface area contributed by atoms with Crippen LogP contribution in [0.4, 0.5) is 0 Å². The standard InChI is InChI=1S/C21H18O7/c1-21(2)27-19(23)17(20(24)28-21)12-13-5-4-6-16(11-13)26-18(22)14-7-9-15(25-3)10-8-14/h4-12H,1-3H3. The monoisotopic (exact) mass is 382 g/mol. The van der Waals surface area contributed by atoms with Crippen LogP contribution in [0.25, 0.3) is 6.08 Å². The molecule has 1 fully saturated rings. The lowest BCUT2D eigenvalue weighted by molar-refractivity contribution is -0.222. The second-order valence-corrected chi connectivity index (χ2v) is 6.43. The molecule has 2 aromatic carbocycles. The van der Waals surface area contributed by atoms with E-state index in [0.29, 0.717) is 16.9 Å². The number of benzene rings is 2. The van der Waals surface area contributed by atoms with Crippen LogP contribution in [0.2, 0.25) is 0 Å². The fraction of sp³-hybridized carbons (Fsp3) is 0.190. The van der Waals surface area contributed by atoms with Crippen molar-refractivity contribution in [2.75, 3.05) is 7.11 Å². The number of hydrogen-bond acceptors (Lipinski definition) is 7. The maximum absolute atomic E-state index is 12.3. The van der Waals surface area contributed by atoms with Crippen LogP contribution in [-0.2, 0) is 19.1 Å². The molecule has 1 saturated heterocycles. The smallest absolute Gasteiger partial charge is 0.348 e. The number of carbonyl (C=O) groups excluding carboxylic acids is 3. The minimum absolute atomic E-state index is 0.238. The molecule has 3 rings (SSSR count). The number of rotatable bonds is 4. The van der Waals surface area contributed by atoms with Crippen molar-refractivity contribution in [2.45, 2.75) is 19.6 Å². The lowest BCUT2D eigenvalue weighted by Crippen LogP contribution is -2.41. The molecule has 7 heteroatoms. The van der Waals surface area contributed by atoms with Gasteiger partial charge in [0.15, 0.2) is 0 Å². The van der Waals surface area contributed by atoms with Crippen molar-refractivity contribution >= 4 is 24.0 Å². The Morgan fingerprint density at radius 2 is 1.61 bits per heavy atom. The summed E-state index contributed by atoms with van der Waals surface area (Å²) in [5, 5.41) is 0. The minimum Gasteiger partial charge on any atom is -0.497 e. The van der Waals surface area contributed by atoms with E-state index in [-0.39, 0.29) is 11.3 Å². The highest BCUT2D eigenvalue weighted by molar-refractivity contribution is 6.18. The maximum Gasteiger partial charge on any atom is 0.348 e. The van der Waals surface area contributed by atoms with Crippen LogP contribution < -0.4 is 9.47 Å². The molecule has 28 heavy (non-hydrogen) atoms. The molecular formula is C21H18O7. The van der Waals surface area contributed by atoms with Gasteiger partial charge in [0.05, 0.1) is 12.7 Å². The van der Waals surface area contributed by atoms with Crippen LogP contribution in [0.15, 0.2) is 54.1 Å². The van der Waals surface area contributed by atoms with Gasteiger partial charge < -0.3 is 18.9 Å². The largest absolute Gasteiger partial charge is 0.497 e. The number of methoxy groups -OCH3 is 1. The predicted octanol–water partition coefficient (Wildman–Crippen LogP) is 3.13. The summed E-state index contributed by atoms with van der Waals surface area (Å²) in [6.07, 6.45) is 1.32. The molecule has 0 aromatic heterocycles. The molecule has 0 amide bonds. The molecule has 0 saturated carbocycles. The Bertz CT molecular complexity index is 933. The van der Waals surface area contributed by atoms with E-state index >= 15 is 0 Å². The molecule has 1 aliphatic rings. The summed E-state index contributed by atoms with van der Waals surface area (Å²) in [7, 11) is 1.53. The van der Waals surface area contributed by atoms with Crippen molar-refractivity contribution in [3.05, 3.63) is 65.2 Å². The zero-order valence-corrected chi connectivity index (χ0v) is 15.6. The number of ether oxygens (including phenoxy) is 4. The Morgan fingerprint density at radius 3 is 2.21 bits per heavy atom. The van der Waals surface area contributed by atoms with Gasteiger partial charge in [0.25, 0.3) is 5.79 Å². The summed E-state index contributed by atoms with van der Waals surface area (Å²) in [4.78, 5) is 36.3. The first-order valence-corrected chi connectivity index (χ1v) is 8.42. The zero-order valence-electron chi connectivity index (χ0n) is 15.6. The van der Waals surface area contributed by atoms with E-state index in [4.69, 9.17) is 18.9 Å². The molecule has 0 unspecified atom stereocenters. The molecule has 1 aliphatic heterocycles. The van der Waals surface area contributed by atoms with E-state index in [1.807, 2.05) is 0 Å². The van der Waals surface area contributed by atoms with Crippen molar-refractivity contribution in [3.8, 4) is 11.5 Å². The third kappa shape index (κ3) is 4.37. The molecule has 0 atom stereocenters. The first kappa shape index (κ1) is 19.2. The molecule has 144 valence electrons. The summed E-state index contributed by atoms with van der Waals surface area (Å²) in [5.74, 6) is -2.52. The van der Waals surface area contributed by atoms with E-state index in [2.05, 4.69) is 0 Å². The summed E-state index contributed by atoms with van der Waals surface area (Å²) in [6, 6.07) is 12.9. The summed E-state index contributed by atoms with van der Waals surface area (Å²) < 4.78 is 20.5. The third-order valence-electron chi connectivity index (χ3n) is 3.82. The van der Waals surface area contributed by atoms with Gasteiger partial charge in [-0.2, -0.15) is 0 Å². The van der Waals surface area contributed by atoms with Crippen molar-refractivity contribution in [3.63, 3.8) is 0 Å². The van der Waals surface area contributed by atoms with Crippen LogP contribution in [-0.4, -0.2) is 30.8 Å². The van der Waals surface area contributed by atoms with Gasteiger partial charge in [-0.15, -0.1) is 0 Å². The first-order valence-electron chi connectivity index (χ1n) is 8.42. The Balaban J connectivity index is 1.77. The molecular weight excluding hydrogens is 364 g/mol. The van der Waals surface area contributed by atoms with Gasteiger partial charge in [-0.25, -0.2) is 14.4 Å². The van der Waals surface area contributed by atoms with Gasteiger partial charge in [-0.05, 0) is 48.0 Å². The predicted molar refractivity (Wildman–Crippen MR) is 98.6 cm³/mol. The Morgan fingerprint density at radius 1 is 0.964 bits per heavy atom. The van der Waals surface area contributed by atoms with Crippen molar-refractivity contribution in [2.24, 2.45) is 0 Å².